The average Bonchev–Trinajstić information content (AvgIpc) is 3.33. The summed E-state index contributed by atoms with van der Waals surface area (Å²) in [7, 11) is 0. The van der Waals surface area contributed by atoms with Gasteiger partial charge in [0.1, 0.15) is 5.82 Å². The third-order valence-corrected chi connectivity index (χ3v) is 4.24. The topological polar surface area (TPSA) is 20.3 Å². The Hall–Kier alpha value is -1.87. The van der Waals surface area contributed by atoms with Gasteiger partial charge in [-0.2, -0.15) is 0 Å². The first-order chi connectivity index (χ1) is 10.6. The van der Waals surface area contributed by atoms with Crippen molar-refractivity contribution in [2.45, 2.75) is 31.8 Å². The van der Waals surface area contributed by atoms with Crippen LogP contribution in [-0.2, 0) is 17.8 Å². The molecule has 0 spiro atoms. The predicted octanol–water partition coefficient (Wildman–Crippen LogP) is 4.21. The van der Waals surface area contributed by atoms with E-state index >= 15 is 0 Å². The van der Waals surface area contributed by atoms with Gasteiger partial charge in [0.25, 0.3) is 0 Å². The van der Waals surface area contributed by atoms with Gasteiger partial charge in [0.15, 0.2) is 0 Å². The van der Waals surface area contributed by atoms with Crippen LogP contribution in [0.15, 0.2) is 48.5 Å². The molecular weight excluding hydrogens is 301 g/mol. The van der Waals surface area contributed by atoms with Gasteiger partial charge in [0.05, 0.1) is 6.42 Å². The first-order valence-corrected chi connectivity index (χ1v) is 7.78. The maximum atomic E-state index is 13.0. The van der Waals surface area contributed by atoms with Crippen molar-refractivity contribution in [3.8, 4) is 0 Å². The molecule has 0 radical (unpaired) electrons. The standard InChI is InChI=1S/C18H17ClFNO/c19-17-4-2-1-3-14(17)11-18(22)21(16-9-10-16)12-13-5-7-15(20)8-6-13/h1-8,16H,9-12H2. The molecule has 22 heavy (non-hydrogen) atoms. The highest BCUT2D eigenvalue weighted by Gasteiger charge is 2.32. The van der Waals surface area contributed by atoms with Gasteiger partial charge in [-0.25, -0.2) is 4.39 Å². The first-order valence-electron chi connectivity index (χ1n) is 7.41. The summed E-state index contributed by atoms with van der Waals surface area (Å²) in [4.78, 5) is 14.5. The Bertz CT molecular complexity index is 667. The van der Waals surface area contributed by atoms with E-state index in [-0.39, 0.29) is 11.7 Å². The van der Waals surface area contributed by atoms with Crippen LogP contribution < -0.4 is 0 Å². The van der Waals surface area contributed by atoms with Crippen LogP contribution in [0.4, 0.5) is 4.39 Å². The van der Waals surface area contributed by atoms with Crippen molar-refractivity contribution >= 4 is 17.5 Å². The fourth-order valence-corrected chi connectivity index (χ4v) is 2.70. The zero-order valence-corrected chi connectivity index (χ0v) is 12.9. The maximum absolute atomic E-state index is 13.0. The zero-order valence-electron chi connectivity index (χ0n) is 12.1. The molecule has 3 rings (SSSR count). The van der Waals surface area contributed by atoms with Gasteiger partial charge in [-0.1, -0.05) is 41.9 Å². The summed E-state index contributed by atoms with van der Waals surface area (Å²) in [5.41, 5.74) is 1.79. The van der Waals surface area contributed by atoms with Gasteiger partial charge in [-0.3, -0.25) is 4.79 Å². The minimum Gasteiger partial charge on any atom is -0.335 e. The van der Waals surface area contributed by atoms with E-state index in [0.29, 0.717) is 24.0 Å². The monoisotopic (exact) mass is 317 g/mol. The Morgan fingerprint density at radius 2 is 1.82 bits per heavy atom. The summed E-state index contributed by atoms with van der Waals surface area (Å²) < 4.78 is 13.0. The van der Waals surface area contributed by atoms with Crippen molar-refractivity contribution in [1.29, 1.82) is 0 Å². The summed E-state index contributed by atoms with van der Waals surface area (Å²) in [6, 6.07) is 14.0. The number of halogens is 2. The largest absolute Gasteiger partial charge is 0.335 e. The van der Waals surface area contributed by atoms with Crippen molar-refractivity contribution in [2.24, 2.45) is 0 Å². The molecule has 4 heteroatoms. The van der Waals surface area contributed by atoms with Crippen molar-refractivity contribution in [3.63, 3.8) is 0 Å². The first kappa shape index (κ1) is 15.0. The van der Waals surface area contributed by atoms with Crippen LogP contribution in [0.2, 0.25) is 5.02 Å². The molecular formula is C18H17ClFNO. The van der Waals surface area contributed by atoms with Gasteiger partial charge < -0.3 is 4.90 Å². The zero-order chi connectivity index (χ0) is 15.5. The van der Waals surface area contributed by atoms with Gasteiger partial charge in [-0.05, 0) is 42.2 Å². The Balaban J connectivity index is 1.72. The SMILES string of the molecule is O=C(Cc1ccccc1Cl)N(Cc1ccc(F)cc1)C1CC1. The van der Waals surface area contributed by atoms with Crippen LogP contribution in [0, 0.1) is 5.82 Å². The van der Waals surface area contributed by atoms with E-state index in [9.17, 15) is 9.18 Å². The van der Waals surface area contributed by atoms with Crippen molar-refractivity contribution in [1.82, 2.24) is 4.90 Å². The van der Waals surface area contributed by atoms with E-state index in [4.69, 9.17) is 11.6 Å². The summed E-state index contributed by atoms with van der Waals surface area (Å²) in [5, 5.41) is 0.619. The van der Waals surface area contributed by atoms with Crippen molar-refractivity contribution < 1.29 is 9.18 Å². The van der Waals surface area contributed by atoms with Crippen LogP contribution in [0.3, 0.4) is 0 Å². The Morgan fingerprint density at radius 1 is 1.14 bits per heavy atom. The molecule has 114 valence electrons. The quantitative estimate of drug-likeness (QED) is 0.809. The molecule has 1 saturated carbocycles. The lowest BCUT2D eigenvalue weighted by atomic mass is 10.1. The molecule has 0 N–H and O–H groups in total. The minimum absolute atomic E-state index is 0.0694. The highest BCUT2D eigenvalue weighted by atomic mass is 35.5. The highest BCUT2D eigenvalue weighted by molar-refractivity contribution is 6.31. The fourth-order valence-electron chi connectivity index (χ4n) is 2.50. The number of amides is 1. The molecule has 0 atom stereocenters. The second kappa shape index (κ2) is 6.49. The number of carbonyl (C=O) groups is 1. The number of rotatable bonds is 5. The smallest absolute Gasteiger partial charge is 0.227 e. The van der Waals surface area contributed by atoms with Gasteiger partial charge in [0, 0.05) is 17.6 Å². The fraction of sp³-hybridized carbons (Fsp3) is 0.278. The van der Waals surface area contributed by atoms with Crippen LogP contribution in [0.1, 0.15) is 24.0 Å². The van der Waals surface area contributed by atoms with E-state index in [1.54, 1.807) is 18.2 Å². The number of benzene rings is 2. The third kappa shape index (κ3) is 3.66. The molecule has 0 saturated heterocycles. The maximum Gasteiger partial charge on any atom is 0.227 e. The lowest BCUT2D eigenvalue weighted by Gasteiger charge is -2.23. The summed E-state index contributed by atoms with van der Waals surface area (Å²) in [6.45, 7) is 0.522. The summed E-state index contributed by atoms with van der Waals surface area (Å²) >= 11 is 6.13. The van der Waals surface area contributed by atoms with Crippen molar-refractivity contribution in [2.75, 3.05) is 0 Å². The normalized spacial score (nSPS) is 13.9. The molecule has 1 fully saturated rings. The molecule has 0 heterocycles. The number of carbonyl (C=O) groups excluding carboxylic acids is 1. The molecule has 1 aliphatic rings. The summed E-state index contributed by atoms with van der Waals surface area (Å²) in [5.74, 6) is -0.191. The second-order valence-corrected chi connectivity index (χ2v) is 6.05. The van der Waals surface area contributed by atoms with Crippen LogP contribution in [-0.4, -0.2) is 16.8 Å². The van der Waals surface area contributed by atoms with E-state index in [1.807, 2.05) is 23.1 Å². The molecule has 0 aliphatic heterocycles. The molecule has 0 bridgehead atoms. The molecule has 2 aromatic carbocycles. The number of hydrogen-bond acceptors (Lipinski definition) is 1. The molecule has 2 aromatic rings. The molecule has 2 nitrogen and oxygen atoms in total. The third-order valence-electron chi connectivity index (χ3n) is 3.87. The number of nitrogens with zero attached hydrogens (tertiary/aromatic N) is 1. The minimum atomic E-state index is -0.260. The van der Waals surface area contributed by atoms with Crippen LogP contribution in [0.5, 0.6) is 0 Å². The molecule has 1 amide bonds. The lowest BCUT2D eigenvalue weighted by Crippen LogP contribution is -2.33. The van der Waals surface area contributed by atoms with Gasteiger partial charge in [0.2, 0.25) is 5.91 Å². The van der Waals surface area contributed by atoms with E-state index in [2.05, 4.69) is 0 Å². The van der Waals surface area contributed by atoms with Crippen LogP contribution >= 0.6 is 11.6 Å². The lowest BCUT2D eigenvalue weighted by molar-refractivity contribution is -0.131. The molecule has 0 unspecified atom stereocenters. The second-order valence-electron chi connectivity index (χ2n) is 5.65. The predicted molar refractivity (Wildman–Crippen MR) is 85.1 cm³/mol. The van der Waals surface area contributed by atoms with Crippen molar-refractivity contribution in [3.05, 3.63) is 70.5 Å². The molecule has 0 aromatic heterocycles. The summed E-state index contributed by atoms with van der Waals surface area (Å²) in [6.07, 6.45) is 2.38. The highest BCUT2D eigenvalue weighted by Crippen LogP contribution is 2.29. The van der Waals surface area contributed by atoms with Gasteiger partial charge in [-0.15, -0.1) is 0 Å². The van der Waals surface area contributed by atoms with Gasteiger partial charge >= 0.3 is 0 Å². The van der Waals surface area contributed by atoms with E-state index in [0.717, 1.165) is 24.0 Å². The van der Waals surface area contributed by atoms with E-state index in [1.165, 1.54) is 12.1 Å². The Kier molecular flexibility index (Phi) is 4.44. The Labute approximate surface area is 134 Å². The number of hydrogen-bond donors (Lipinski definition) is 0. The van der Waals surface area contributed by atoms with Crippen LogP contribution in [0.25, 0.3) is 0 Å². The van der Waals surface area contributed by atoms with E-state index < -0.39 is 0 Å². The average molecular weight is 318 g/mol. The molecule has 1 aliphatic carbocycles. The Morgan fingerprint density at radius 3 is 2.45 bits per heavy atom.